The van der Waals surface area contributed by atoms with E-state index in [9.17, 15) is 9.90 Å². The molecule has 0 amide bonds. The Balaban J connectivity index is 1.96. The fraction of sp³-hybridized carbons (Fsp3) is 0.438. The lowest BCUT2D eigenvalue weighted by molar-refractivity contribution is -0.164. The summed E-state index contributed by atoms with van der Waals surface area (Å²) in [7, 11) is 0. The number of ketones is 1. The van der Waals surface area contributed by atoms with E-state index in [1.165, 1.54) is 0 Å². The van der Waals surface area contributed by atoms with E-state index < -0.39 is 17.4 Å². The minimum absolute atomic E-state index is 0.0788. The Labute approximate surface area is 112 Å². The van der Waals surface area contributed by atoms with E-state index in [0.29, 0.717) is 0 Å². The lowest BCUT2D eigenvalue weighted by atomic mass is 9.72. The Bertz CT molecular complexity index is 518. The third-order valence-corrected chi connectivity index (χ3v) is 4.26. The topological polar surface area (TPSA) is 46.5 Å². The maximum Gasteiger partial charge on any atom is 0.150 e. The molecule has 3 nitrogen and oxygen atoms in total. The van der Waals surface area contributed by atoms with Crippen LogP contribution in [0.15, 0.2) is 42.5 Å². The van der Waals surface area contributed by atoms with Gasteiger partial charge in [0.1, 0.15) is 5.78 Å². The highest BCUT2D eigenvalue weighted by Gasteiger charge is 2.53. The molecular formula is C16H18O3. The Morgan fingerprint density at radius 3 is 2.58 bits per heavy atom. The number of ether oxygens (including phenoxy) is 1. The monoisotopic (exact) mass is 258 g/mol. The van der Waals surface area contributed by atoms with E-state index in [-0.39, 0.29) is 18.0 Å². The first kappa shape index (κ1) is 12.6. The molecule has 4 atom stereocenters. The van der Waals surface area contributed by atoms with Gasteiger partial charge in [-0.3, -0.25) is 4.79 Å². The van der Waals surface area contributed by atoms with Crippen LogP contribution in [0.2, 0.25) is 0 Å². The van der Waals surface area contributed by atoms with Crippen LogP contribution in [-0.4, -0.2) is 23.1 Å². The number of fused-ring (bicyclic) bond motifs is 2. The van der Waals surface area contributed by atoms with Gasteiger partial charge < -0.3 is 9.84 Å². The zero-order valence-corrected chi connectivity index (χ0v) is 11.1. The van der Waals surface area contributed by atoms with Gasteiger partial charge in [-0.1, -0.05) is 56.3 Å². The largest absolute Gasteiger partial charge is 0.388 e. The summed E-state index contributed by atoms with van der Waals surface area (Å²) < 4.78 is 5.85. The van der Waals surface area contributed by atoms with Crippen LogP contribution in [0.4, 0.5) is 0 Å². The third kappa shape index (κ3) is 1.85. The van der Waals surface area contributed by atoms with Crippen molar-refractivity contribution in [3.63, 3.8) is 0 Å². The number of hydrogen-bond donors (Lipinski definition) is 1. The van der Waals surface area contributed by atoms with Crippen molar-refractivity contribution in [3.05, 3.63) is 48.0 Å². The summed E-state index contributed by atoms with van der Waals surface area (Å²) in [6.07, 6.45) is 2.57. The number of carbonyl (C=O) groups is 1. The Kier molecular flexibility index (Phi) is 2.84. The Morgan fingerprint density at radius 1 is 1.21 bits per heavy atom. The van der Waals surface area contributed by atoms with Crippen LogP contribution < -0.4 is 0 Å². The van der Waals surface area contributed by atoms with Crippen LogP contribution in [0, 0.1) is 11.3 Å². The van der Waals surface area contributed by atoms with Crippen molar-refractivity contribution in [3.8, 4) is 0 Å². The van der Waals surface area contributed by atoms with Crippen LogP contribution >= 0.6 is 0 Å². The van der Waals surface area contributed by atoms with E-state index in [0.717, 1.165) is 5.56 Å². The quantitative estimate of drug-likeness (QED) is 0.828. The number of Topliss-reactive ketones (excluding diaryl/α,β-unsaturated/α-hetero) is 1. The van der Waals surface area contributed by atoms with Crippen molar-refractivity contribution < 1.29 is 14.6 Å². The number of hydrogen-bond acceptors (Lipinski definition) is 3. The molecule has 19 heavy (non-hydrogen) atoms. The fourth-order valence-corrected chi connectivity index (χ4v) is 2.99. The molecule has 1 saturated heterocycles. The summed E-state index contributed by atoms with van der Waals surface area (Å²) in [5.74, 6) is -0.442. The zero-order valence-electron chi connectivity index (χ0n) is 11.1. The van der Waals surface area contributed by atoms with E-state index in [1.54, 1.807) is 0 Å². The molecule has 1 unspecified atom stereocenters. The Morgan fingerprint density at radius 2 is 1.89 bits per heavy atom. The van der Waals surface area contributed by atoms with Crippen LogP contribution in [0.5, 0.6) is 0 Å². The first-order valence-corrected chi connectivity index (χ1v) is 6.63. The lowest BCUT2D eigenvalue weighted by Gasteiger charge is -2.41. The normalized spacial score (nSPS) is 33.4. The maximum absolute atomic E-state index is 12.6. The van der Waals surface area contributed by atoms with Gasteiger partial charge in [-0.2, -0.15) is 0 Å². The van der Waals surface area contributed by atoms with Gasteiger partial charge >= 0.3 is 0 Å². The summed E-state index contributed by atoms with van der Waals surface area (Å²) in [5, 5.41) is 10.5. The second-order valence-electron chi connectivity index (χ2n) is 5.87. The summed E-state index contributed by atoms with van der Waals surface area (Å²) in [6, 6.07) is 9.31. The average Bonchev–Trinajstić information content (AvgIpc) is 2.86. The van der Waals surface area contributed by atoms with Gasteiger partial charge in [0.05, 0.1) is 29.6 Å². The summed E-state index contributed by atoms with van der Waals surface area (Å²) >= 11 is 0. The molecule has 0 radical (unpaired) electrons. The molecule has 2 aliphatic heterocycles. The van der Waals surface area contributed by atoms with Gasteiger partial charge in [0.2, 0.25) is 0 Å². The predicted octanol–water partition coefficient (Wildman–Crippen LogP) is 2.27. The number of carbonyl (C=O) groups excluding carboxylic acids is 1. The number of aliphatic hydroxyl groups excluding tert-OH is 1. The van der Waals surface area contributed by atoms with Gasteiger partial charge in [-0.15, -0.1) is 0 Å². The molecule has 0 aliphatic carbocycles. The van der Waals surface area contributed by atoms with Gasteiger partial charge in [0.25, 0.3) is 0 Å². The molecular weight excluding hydrogens is 240 g/mol. The van der Waals surface area contributed by atoms with Gasteiger partial charge in [0, 0.05) is 0 Å². The standard InChI is InChI=1S/C16H18O3/c1-16(2)12-9-8-11(19-12)13(15(16)18)14(17)10-6-4-3-5-7-10/h3-9,11-14,17H,1-2H3/t11-,12+,13+,14?/m1/s1. The predicted molar refractivity (Wildman–Crippen MR) is 71.5 cm³/mol. The lowest BCUT2D eigenvalue weighted by Crippen LogP contribution is -2.51. The molecule has 1 N–H and O–H groups in total. The summed E-state index contributed by atoms with van der Waals surface area (Å²) in [6.45, 7) is 3.77. The van der Waals surface area contributed by atoms with E-state index in [1.807, 2.05) is 56.3 Å². The molecule has 3 rings (SSSR count). The van der Waals surface area contributed by atoms with Crippen LogP contribution in [0.1, 0.15) is 25.5 Å². The van der Waals surface area contributed by atoms with Crippen molar-refractivity contribution in [1.82, 2.24) is 0 Å². The Hall–Kier alpha value is -1.45. The number of aliphatic hydroxyl groups is 1. The first-order valence-electron chi connectivity index (χ1n) is 6.63. The molecule has 2 heterocycles. The first-order chi connectivity index (χ1) is 9.01. The van der Waals surface area contributed by atoms with Crippen molar-refractivity contribution in [2.45, 2.75) is 32.2 Å². The van der Waals surface area contributed by atoms with Crippen LogP contribution in [0.25, 0.3) is 0 Å². The smallest absolute Gasteiger partial charge is 0.150 e. The van der Waals surface area contributed by atoms with E-state index in [2.05, 4.69) is 0 Å². The highest BCUT2D eigenvalue weighted by Crippen LogP contribution is 2.45. The van der Waals surface area contributed by atoms with Crippen molar-refractivity contribution in [2.24, 2.45) is 11.3 Å². The fourth-order valence-electron chi connectivity index (χ4n) is 2.99. The van der Waals surface area contributed by atoms with E-state index in [4.69, 9.17) is 4.74 Å². The highest BCUT2D eigenvalue weighted by molar-refractivity contribution is 5.90. The summed E-state index contributed by atoms with van der Waals surface area (Å²) in [4.78, 5) is 12.6. The number of rotatable bonds is 2. The van der Waals surface area contributed by atoms with Crippen molar-refractivity contribution >= 4 is 5.78 Å². The van der Waals surface area contributed by atoms with Crippen molar-refractivity contribution in [1.29, 1.82) is 0 Å². The van der Waals surface area contributed by atoms with E-state index >= 15 is 0 Å². The van der Waals surface area contributed by atoms with Crippen molar-refractivity contribution in [2.75, 3.05) is 0 Å². The second-order valence-corrected chi connectivity index (χ2v) is 5.87. The molecule has 2 aliphatic rings. The van der Waals surface area contributed by atoms with Crippen LogP contribution in [0.3, 0.4) is 0 Å². The van der Waals surface area contributed by atoms with Gasteiger partial charge in [-0.05, 0) is 5.56 Å². The molecule has 2 bridgehead atoms. The average molecular weight is 258 g/mol. The molecule has 0 spiro atoms. The molecule has 0 saturated carbocycles. The minimum atomic E-state index is -0.818. The second kappa shape index (κ2) is 4.29. The number of benzene rings is 1. The van der Waals surface area contributed by atoms with Gasteiger partial charge in [-0.25, -0.2) is 0 Å². The minimum Gasteiger partial charge on any atom is -0.388 e. The highest BCUT2D eigenvalue weighted by atomic mass is 16.5. The molecule has 1 aromatic rings. The zero-order chi connectivity index (χ0) is 13.6. The molecule has 1 aromatic carbocycles. The van der Waals surface area contributed by atoms with Gasteiger partial charge in [0.15, 0.2) is 0 Å². The maximum atomic E-state index is 12.6. The van der Waals surface area contributed by atoms with Crippen LogP contribution in [-0.2, 0) is 9.53 Å². The third-order valence-electron chi connectivity index (χ3n) is 4.26. The SMILES string of the molecule is CC1(C)C(=O)[C@H](C(O)c2ccccc2)[C@H]2C=C[C@@H]1O2. The molecule has 1 fully saturated rings. The molecule has 100 valence electrons. The molecule has 0 aromatic heterocycles. The molecule has 3 heteroatoms. The summed E-state index contributed by atoms with van der Waals surface area (Å²) in [5.41, 5.74) is 0.184.